The third kappa shape index (κ3) is 4.63. The summed E-state index contributed by atoms with van der Waals surface area (Å²) in [6.45, 7) is 0.900. The van der Waals surface area contributed by atoms with E-state index in [4.69, 9.17) is 11.6 Å². The minimum Gasteiger partial charge on any atom is -0.348 e. The molecule has 0 fully saturated rings. The molecular formula is C23H19ClN2O2S. The minimum atomic E-state index is -0.176. The van der Waals surface area contributed by atoms with Crippen LogP contribution in [0.4, 0.5) is 5.69 Å². The number of anilines is 1. The first-order valence-electron chi connectivity index (χ1n) is 9.24. The number of benzene rings is 3. The third-order valence-electron chi connectivity index (χ3n) is 4.71. The summed E-state index contributed by atoms with van der Waals surface area (Å²) in [5.41, 5.74) is 3.34. The molecule has 1 aliphatic heterocycles. The summed E-state index contributed by atoms with van der Waals surface area (Å²) < 4.78 is 0. The number of rotatable bonds is 5. The second-order valence-electron chi connectivity index (χ2n) is 6.75. The Balaban J connectivity index is 1.53. The number of hydrogen-bond donors (Lipinski definition) is 1. The Morgan fingerprint density at radius 2 is 1.76 bits per heavy atom. The standard InChI is InChI=1S/C23H19ClN2O2S/c24-19-9-6-16(7-10-19)13-25-23(28)18-8-11-21-20(12-18)26(22(27)15-29-21)14-17-4-2-1-3-5-17/h1-12H,13-15H2,(H,25,28). The monoisotopic (exact) mass is 422 g/mol. The van der Waals surface area contributed by atoms with Crippen molar-refractivity contribution in [1.29, 1.82) is 0 Å². The molecule has 0 spiro atoms. The lowest BCUT2D eigenvalue weighted by molar-refractivity contribution is -0.116. The van der Waals surface area contributed by atoms with Crippen LogP contribution in [0.3, 0.4) is 0 Å². The van der Waals surface area contributed by atoms with E-state index in [1.807, 2.05) is 48.5 Å². The van der Waals surface area contributed by atoms with E-state index in [9.17, 15) is 9.59 Å². The molecule has 29 heavy (non-hydrogen) atoms. The Morgan fingerprint density at radius 3 is 2.52 bits per heavy atom. The molecule has 0 aliphatic carbocycles. The SMILES string of the molecule is O=C(NCc1ccc(Cl)cc1)c1ccc2c(c1)N(Cc1ccccc1)C(=O)CS2. The number of carbonyl (C=O) groups excluding carboxylic acids is 2. The number of nitrogens with one attached hydrogen (secondary N) is 1. The highest BCUT2D eigenvalue weighted by Gasteiger charge is 2.26. The Bertz CT molecular complexity index is 1040. The van der Waals surface area contributed by atoms with E-state index in [2.05, 4.69) is 5.32 Å². The van der Waals surface area contributed by atoms with Gasteiger partial charge >= 0.3 is 0 Å². The van der Waals surface area contributed by atoms with Gasteiger partial charge in [0.25, 0.3) is 5.91 Å². The van der Waals surface area contributed by atoms with E-state index in [1.54, 1.807) is 29.2 Å². The maximum absolute atomic E-state index is 12.7. The molecule has 0 bridgehead atoms. The largest absolute Gasteiger partial charge is 0.348 e. The van der Waals surface area contributed by atoms with E-state index < -0.39 is 0 Å². The molecule has 6 heteroatoms. The van der Waals surface area contributed by atoms with Gasteiger partial charge in [-0.05, 0) is 41.5 Å². The van der Waals surface area contributed by atoms with Gasteiger partial charge in [0.05, 0.1) is 18.0 Å². The number of carbonyl (C=O) groups is 2. The molecular weight excluding hydrogens is 404 g/mol. The molecule has 1 heterocycles. The number of amides is 2. The second kappa shape index (κ2) is 8.72. The molecule has 3 aromatic carbocycles. The quantitative estimate of drug-likeness (QED) is 0.635. The highest BCUT2D eigenvalue weighted by atomic mass is 35.5. The maximum atomic E-state index is 12.7. The molecule has 3 aromatic rings. The molecule has 1 N–H and O–H groups in total. The highest BCUT2D eigenvalue weighted by Crippen LogP contribution is 2.36. The molecule has 0 aromatic heterocycles. The van der Waals surface area contributed by atoms with Gasteiger partial charge in [-0.2, -0.15) is 0 Å². The highest BCUT2D eigenvalue weighted by molar-refractivity contribution is 8.00. The molecule has 0 atom stereocenters. The molecule has 0 saturated carbocycles. The maximum Gasteiger partial charge on any atom is 0.251 e. The molecule has 4 rings (SSSR count). The summed E-state index contributed by atoms with van der Waals surface area (Å²) in [5.74, 6) is 0.276. The van der Waals surface area contributed by atoms with Crippen LogP contribution in [-0.2, 0) is 17.9 Å². The van der Waals surface area contributed by atoms with E-state index in [0.717, 1.165) is 21.7 Å². The van der Waals surface area contributed by atoms with Crippen LogP contribution in [-0.4, -0.2) is 17.6 Å². The van der Waals surface area contributed by atoms with Crippen LogP contribution in [0.5, 0.6) is 0 Å². The molecule has 1 aliphatic rings. The van der Waals surface area contributed by atoms with Crippen molar-refractivity contribution in [3.63, 3.8) is 0 Å². The van der Waals surface area contributed by atoms with Gasteiger partial charge in [-0.3, -0.25) is 9.59 Å². The van der Waals surface area contributed by atoms with Crippen LogP contribution in [0.15, 0.2) is 77.7 Å². The average Bonchev–Trinajstić information content (AvgIpc) is 2.75. The minimum absolute atomic E-state index is 0.0464. The van der Waals surface area contributed by atoms with Crippen LogP contribution < -0.4 is 10.2 Å². The average molecular weight is 423 g/mol. The Kier molecular flexibility index (Phi) is 5.88. The number of nitrogens with zero attached hydrogens (tertiary/aromatic N) is 1. The van der Waals surface area contributed by atoms with Gasteiger partial charge in [-0.15, -0.1) is 11.8 Å². The molecule has 0 unspecified atom stereocenters. The summed E-state index contributed by atoms with van der Waals surface area (Å²) >= 11 is 7.41. The van der Waals surface area contributed by atoms with Crippen LogP contribution in [0.2, 0.25) is 5.02 Å². The van der Waals surface area contributed by atoms with E-state index >= 15 is 0 Å². The van der Waals surface area contributed by atoms with Gasteiger partial charge in [-0.25, -0.2) is 0 Å². The van der Waals surface area contributed by atoms with Gasteiger partial charge in [-0.1, -0.05) is 54.1 Å². The molecule has 4 nitrogen and oxygen atoms in total. The topological polar surface area (TPSA) is 49.4 Å². The summed E-state index contributed by atoms with van der Waals surface area (Å²) in [5, 5.41) is 3.59. The fourth-order valence-electron chi connectivity index (χ4n) is 3.17. The number of hydrogen-bond acceptors (Lipinski definition) is 3. The predicted molar refractivity (Wildman–Crippen MR) is 117 cm³/mol. The van der Waals surface area contributed by atoms with Crippen molar-refractivity contribution < 1.29 is 9.59 Å². The number of fused-ring (bicyclic) bond motifs is 1. The van der Waals surface area contributed by atoms with Crippen molar-refractivity contribution in [2.45, 2.75) is 18.0 Å². The Labute approximate surface area is 178 Å². The third-order valence-corrected chi connectivity index (χ3v) is 6.01. The van der Waals surface area contributed by atoms with E-state index in [1.165, 1.54) is 11.8 Å². The lowest BCUT2D eigenvalue weighted by Crippen LogP contribution is -2.35. The summed E-state index contributed by atoms with van der Waals surface area (Å²) in [6.07, 6.45) is 0. The van der Waals surface area contributed by atoms with Crippen LogP contribution in [0.1, 0.15) is 21.5 Å². The summed E-state index contributed by atoms with van der Waals surface area (Å²) in [4.78, 5) is 28.0. The summed E-state index contributed by atoms with van der Waals surface area (Å²) in [6, 6.07) is 22.8. The van der Waals surface area contributed by atoms with Gasteiger partial charge in [0, 0.05) is 22.0 Å². The first-order chi connectivity index (χ1) is 14.1. The van der Waals surface area contributed by atoms with Crippen molar-refractivity contribution >= 4 is 40.9 Å². The second-order valence-corrected chi connectivity index (χ2v) is 8.20. The molecule has 0 saturated heterocycles. The number of thioether (sulfide) groups is 1. The van der Waals surface area contributed by atoms with Crippen molar-refractivity contribution in [1.82, 2.24) is 5.32 Å². The van der Waals surface area contributed by atoms with E-state index in [-0.39, 0.29) is 11.8 Å². The van der Waals surface area contributed by atoms with Crippen LogP contribution in [0, 0.1) is 0 Å². The smallest absolute Gasteiger partial charge is 0.251 e. The van der Waals surface area contributed by atoms with Gasteiger partial charge in [0.15, 0.2) is 0 Å². The van der Waals surface area contributed by atoms with Crippen molar-refractivity contribution in [3.05, 3.63) is 94.5 Å². The zero-order valence-electron chi connectivity index (χ0n) is 15.6. The lowest BCUT2D eigenvalue weighted by Gasteiger charge is -2.29. The van der Waals surface area contributed by atoms with Crippen molar-refractivity contribution in [2.75, 3.05) is 10.7 Å². The Morgan fingerprint density at radius 1 is 1.00 bits per heavy atom. The first-order valence-corrected chi connectivity index (χ1v) is 10.6. The fraction of sp³-hybridized carbons (Fsp3) is 0.130. The lowest BCUT2D eigenvalue weighted by atomic mass is 10.1. The fourth-order valence-corrected chi connectivity index (χ4v) is 4.21. The molecule has 2 amide bonds. The van der Waals surface area contributed by atoms with Crippen molar-refractivity contribution in [2.24, 2.45) is 0 Å². The van der Waals surface area contributed by atoms with Crippen LogP contribution in [0.25, 0.3) is 0 Å². The van der Waals surface area contributed by atoms with Gasteiger partial charge in [0.2, 0.25) is 5.91 Å². The Hall–Kier alpha value is -2.76. The van der Waals surface area contributed by atoms with Crippen molar-refractivity contribution in [3.8, 4) is 0 Å². The van der Waals surface area contributed by atoms with Gasteiger partial charge < -0.3 is 10.2 Å². The number of halogens is 1. The first kappa shape index (κ1) is 19.6. The summed E-state index contributed by atoms with van der Waals surface area (Å²) in [7, 11) is 0. The zero-order chi connectivity index (χ0) is 20.2. The van der Waals surface area contributed by atoms with E-state index in [0.29, 0.717) is 29.4 Å². The zero-order valence-corrected chi connectivity index (χ0v) is 17.2. The molecule has 146 valence electrons. The normalized spacial score (nSPS) is 13.1. The molecule has 0 radical (unpaired) electrons. The van der Waals surface area contributed by atoms with Gasteiger partial charge in [0.1, 0.15) is 0 Å². The predicted octanol–water partition coefficient (Wildman–Crippen LogP) is 4.91. The van der Waals surface area contributed by atoms with Crippen LogP contribution >= 0.6 is 23.4 Å².